The number of hydrogen-bond donors (Lipinski definition) is 2. The predicted octanol–water partition coefficient (Wildman–Crippen LogP) is 4.62. The number of ether oxygens (including phenoxy) is 1. The van der Waals surface area contributed by atoms with Gasteiger partial charge in [0.15, 0.2) is 0 Å². The van der Waals surface area contributed by atoms with Gasteiger partial charge < -0.3 is 14.9 Å². The van der Waals surface area contributed by atoms with Gasteiger partial charge in [-0.2, -0.15) is 5.10 Å². The highest BCUT2D eigenvalue weighted by Gasteiger charge is 2.24. The molecule has 4 aromatic rings. The van der Waals surface area contributed by atoms with E-state index < -0.39 is 17.6 Å². The number of aliphatic carboxylic acids is 1. The quantitative estimate of drug-likeness (QED) is 0.345. The van der Waals surface area contributed by atoms with Gasteiger partial charge in [0.05, 0.1) is 36.4 Å². The molecular formula is C29H32N4O4. The van der Waals surface area contributed by atoms with Crippen LogP contribution in [0.1, 0.15) is 67.2 Å². The fraction of sp³-hybridized carbons (Fsp3) is 0.379. The van der Waals surface area contributed by atoms with Crippen LogP contribution in [0.5, 0.6) is 5.75 Å². The third-order valence-corrected chi connectivity index (χ3v) is 6.94. The Hall–Kier alpha value is -3.78. The number of rotatable bonds is 9. The molecule has 0 fully saturated rings. The third-order valence-electron chi connectivity index (χ3n) is 6.94. The minimum absolute atomic E-state index is 0.167. The zero-order chi connectivity index (χ0) is 26.0. The van der Waals surface area contributed by atoms with Gasteiger partial charge >= 0.3 is 5.97 Å². The van der Waals surface area contributed by atoms with Gasteiger partial charge in [-0.25, -0.2) is 0 Å². The Kier molecular flexibility index (Phi) is 6.93. The number of fused-ring (bicyclic) bond motifs is 2. The summed E-state index contributed by atoms with van der Waals surface area (Å²) in [5.41, 5.74) is 4.64. The average molecular weight is 501 g/mol. The lowest BCUT2D eigenvalue weighted by Crippen LogP contribution is -2.20. The monoisotopic (exact) mass is 500 g/mol. The summed E-state index contributed by atoms with van der Waals surface area (Å²) in [6, 6.07) is 11.2. The Morgan fingerprint density at radius 1 is 1.11 bits per heavy atom. The number of benzene rings is 1. The molecule has 0 bridgehead atoms. The molecule has 1 aliphatic carbocycles. The van der Waals surface area contributed by atoms with Crippen molar-refractivity contribution in [1.82, 2.24) is 19.7 Å². The van der Waals surface area contributed by atoms with Crippen LogP contribution in [-0.4, -0.2) is 42.5 Å². The number of carboxylic acid groups (broad SMARTS) is 1. The second-order valence-electron chi connectivity index (χ2n) is 10.2. The van der Waals surface area contributed by atoms with Gasteiger partial charge in [-0.3, -0.25) is 19.4 Å². The molecule has 1 aromatic carbocycles. The standard InChI is InChI=1S/C29H32N4O4/c1-29(2,36)22-13-20(16-30-18-22)27(15-28(34)35)33-26-10-9-24(14-21(26)17-31-33)37-12-11-23-8-7-19-5-3-4-6-25(19)32-23/h7-10,13-14,16-18,27,36H,3-6,11-12,15H2,1-2H3,(H,34,35)/t27-/m0/s1. The Morgan fingerprint density at radius 3 is 2.76 bits per heavy atom. The molecule has 37 heavy (non-hydrogen) atoms. The van der Waals surface area contributed by atoms with E-state index in [9.17, 15) is 15.0 Å². The van der Waals surface area contributed by atoms with Crippen LogP contribution in [0.2, 0.25) is 0 Å². The zero-order valence-electron chi connectivity index (χ0n) is 21.2. The minimum atomic E-state index is -1.09. The van der Waals surface area contributed by atoms with Crippen molar-refractivity contribution in [2.45, 2.75) is 64.0 Å². The van der Waals surface area contributed by atoms with Crippen molar-refractivity contribution >= 4 is 16.9 Å². The van der Waals surface area contributed by atoms with Crippen LogP contribution in [0.3, 0.4) is 0 Å². The van der Waals surface area contributed by atoms with Gasteiger partial charge in [0.2, 0.25) is 0 Å². The summed E-state index contributed by atoms with van der Waals surface area (Å²) in [5, 5.41) is 25.4. The SMILES string of the molecule is CC(C)(O)c1cncc([C@H](CC(=O)O)n2ncc3cc(OCCc4ccc5c(n4)CCCC5)ccc32)c1. The van der Waals surface area contributed by atoms with E-state index in [2.05, 4.69) is 22.2 Å². The summed E-state index contributed by atoms with van der Waals surface area (Å²) in [5.74, 6) is -0.219. The lowest BCUT2D eigenvalue weighted by molar-refractivity contribution is -0.137. The van der Waals surface area contributed by atoms with Gasteiger partial charge in [0, 0.05) is 41.2 Å². The number of hydrogen-bond acceptors (Lipinski definition) is 6. The van der Waals surface area contributed by atoms with Crippen LogP contribution in [-0.2, 0) is 29.7 Å². The van der Waals surface area contributed by atoms with E-state index in [0.29, 0.717) is 17.7 Å². The van der Waals surface area contributed by atoms with Gasteiger partial charge in [-0.05, 0) is 81.0 Å². The molecule has 3 heterocycles. The first kappa shape index (κ1) is 24.9. The zero-order valence-corrected chi connectivity index (χ0v) is 21.2. The molecule has 1 atom stereocenters. The fourth-order valence-corrected chi connectivity index (χ4v) is 4.89. The molecule has 8 nitrogen and oxygen atoms in total. The second-order valence-corrected chi connectivity index (χ2v) is 10.2. The number of aromatic nitrogens is 4. The number of aryl methyl sites for hydroxylation is 2. The summed E-state index contributed by atoms with van der Waals surface area (Å²) in [6.07, 6.45) is 10.1. The Bertz CT molecular complexity index is 1420. The van der Waals surface area contributed by atoms with Crippen LogP contribution in [0.4, 0.5) is 0 Å². The van der Waals surface area contributed by atoms with E-state index in [0.717, 1.165) is 41.6 Å². The molecule has 2 N–H and O–H groups in total. The molecule has 3 aromatic heterocycles. The van der Waals surface area contributed by atoms with E-state index in [4.69, 9.17) is 9.72 Å². The third kappa shape index (κ3) is 5.64. The van der Waals surface area contributed by atoms with Crippen LogP contribution in [0.15, 0.2) is 55.0 Å². The molecule has 0 radical (unpaired) electrons. The highest BCUT2D eigenvalue weighted by Crippen LogP contribution is 2.30. The Balaban J connectivity index is 1.33. The second kappa shape index (κ2) is 10.3. The van der Waals surface area contributed by atoms with Crippen molar-refractivity contribution in [3.8, 4) is 5.75 Å². The van der Waals surface area contributed by atoms with Crippen molar-refractivity contribution in [3.63, 3.8) is 0 Å². The first-order chi connectivity index (χ1) is 17.8. The molecule has 0 amide bonds. The molecule has 0 spiro atoms. The van der Waals surface area contributed by atoms with E-state index in [1.807, 2.05) is 18.2 Å². The van der Waals surface area contributed by atoms with Crippen molar-refractivity contribution in [2.24, 2.45) is 0 Å². The van der Waals surface area contributed by atoms with Crippen LogP contribution >= 0.6 is 0 Å². The Morgan fingerprint density at radius 2 is 1.95 bits per heavy atom. The van der Waals surface area contributed by atoms with Gasteiger partial charge in [0.1, 0.15) is 5.75 Å². The molecule has 5 rings (SSSR count). The predicted molar refractivity (Wildman–Crippen MR) is 140 cm³/mol. The first-order valence-corrected chi connectivity index (χ1v) is 12.8. The van der Waals surface area contributed by atoms with Gasteiger partial charge in [-0.15, -0.1) is 0 Å². The average Bonchev–Trinajstić information content (AvgIpc) is 3.30. The summed E-state index contributed by atoms with van der Waals surface area (Å²) in [4.78, 5) is 20.8. The van der Waals surface area contributed by atoms with Crippen molar-refractivity contribution in [2.75, 3.05) is 6.61 Å². The van der Waals surface area contributed by atoms with Crippen molar-refractivity contribution < 1.29 is 19.7 Å². The lowest BCUT2D eigenvalue weighted by atomic mass is 9.96. The molecular weight excluding hydrogens is 468 g/mol. The summed E-state index contributed by atoms with van der Waals surface area (Å²) < 4.78 is 7.73. The number of pyridine rings is 2. The smallest absolute Gasteiger partial charge is 0.305 e. The summed E-state index contributed by atoms with van der Waals surface area (Å²) in [6.45, 7) is 3.86. The summed E-state index contributed by atoms with van der Waals surface area (Å²) in [7, 11) is 0. The number of carboxylic acids is 1. The minimum Gasteiger partial charge on any atom is -0.493 e. The van der Waals surface area contributed by atoms with E-state index in [-0.39, 0.29) is 6.42 Å². The fourth-order valence-electron chi connectivity index (χ4n) is 4.89. The number of nitrogens with zero attached hydrogens (tertiary/aromatic N) is 4. The largest absolute Gasteiger partial charge is 0.493 e. The highest BCUT2D eigenvalue weighted by molar-refractivity contribution is 5.81. The molecule has 0 saturated carbocycles. The van der Waals surface area contributed by atoms with Gasteiger partial charge in [-0.1, -0.05) is 6.07 Å². The molecule has 8 heteroatoms. The maximum absolute atomic E-state index is 11.7. The van der Waals surface area contributed by atoms with E-state index >= 15 is 0 Å². The van der Waals surface area contributed by atoms with Crippen molar-refractivity contribution in [1.29, 1.82) is 0 Å². The van der Waals surface area contributed by atoms with Crippen LogP contribution in [0, 0.1) is 0 Å². The lowest BCUT2D eigenvalue weighted by Gasteiger charge is -2.21. The molecule has 1 aliphatic rings. The van der Waals surface area contributed by atoms with E-state index in [1.165, 1.54) is 24.1 Å². The van der Waals surface area contributed by atoms with Crippen LogP contribution in [0.25, 0.3) is 10.9 Å². The normalized spacial score (nSPS) is 14.4. The maximum Gasteiger partial charge on any atom is 0.305 e. The van der Waals surface area contributed by atoms with Crippen LogP contribution < -0.4 is 4.74 Å². The molecule has 0 saturated heterocycles. The van der Waals surface area contributed by atoms with Crippen molar-refractivity contribution in [3.05, 3.63) is 83.1 Å². The number of carbonyl (C=O) groups is 1. The topological polar surface area (TPSA) is 110 Å². The summed E-state index contributed by atoms with van der Waals surface area (Å²) >= 11 is 0. The molecule has 0 aliphatic heterocycles. The van der Waals surface area contributed by atoms with E-state index in [1.54, 1.807) is 43.2 Å². The molecule has 192 valence electrons. The first-order valence-electron chi connectivity index (χ1n) is 12.8. The molecule has 0 unspecified atom stereocenters. The number of aliphatic hydroxyl groups is 1. The highest BCUT2D eigenvalue weighted by atomic mass is 16.5. The van der Waals surface area contributed by atoms with Gasteiger partial charge in [0.25, 0.3) is 0 Å². The maximum atomic E-state index is 11.7. The Labute approximate surface area is 216 Å².